The monoisotopic (exact) mass is 1480 g/mol. The van der Waals surface area contributed by atoms with Crippen molar-refractivity contribution in [2.45, 2.75) is 209 Å². The topological polar surface area (TPSA) is 829 Å². The summed E-state index contributed by atoms with van der Waals surface area (Å²) in [6.07, 6.45) is -3.72. The zero-order valence-electron chi connectivity index (χ0n) is 59.2. The van der Waals surface area contributed by atoms with Crippen molar-refractivity contribution in [1.82, 2.24) is 53.2 Å². The van der Waals surface area contributed by atoms with Gasteiger partial charge in [0.2, 0.25) is 70.9 Å². The van der Waals surface area contributed by atoms with E-state index in [0.29, 0.717) is 6.42 Å². The maximum Gasteiger partial charge on any atom is 0.326 e. The van der Waals surface area contributed by atoms with Gasteiger partial charge in [-0.05, 0) is 116 Å². The molecule has 0 spiro atoms. The van der Waals surface area contributed by atoms with Crippen LogP contribution >= 0.6 is 0 Å². The SMILES string of the molecule is CC[C@H](C)[C@H](NC(=O)[C@@H](NC(=O)[C@H](CCCN=C(N)N)NC(=O)[C@H](CCCN=C(N)N)NC(=O)[C@H](CO)NC(=O)[C@H](CCCCN)NC(=O)[C@H](CCCN=C(N)N)NC(=O)[C@H](CCC(N)=O)NC(=O)[C@H](CCCN=C(N)N)NC(=O)[C@H](CCCN=C(N)N)NC(=O)[C@@H](N)CCC(N)=O)[C@@H](C)O)C(=O)O. The lowest BCUT2D eigenvalue weighted by Crippen LogP contribution is -2.62. The zero-order valence-corrected chi connectivity index (χ0v) is 59.2. The first kappa shape index (κ1) is 93.3. The molecule has 12 amide bonds. The summed E-state index contributed by atoms with van der Waals surface area (Å²) in [4.78, 5) is 197. The number of hydrogen-bond donors (Lipinski definition) is 27. The number of nitrogens with one attached hydrogen (secondary N) is 10. The summed E-state index contributed by atoms with van der Waals surface area (Å²) in [6.45, 7) is 2.96. The van der Waals surface area contributed by atoms with Gasteiger partial charge in [0.25, 0.3) is 0 Å². The number of aliphatic carboxylic acids is 1. The molecule has 0 aliphatic rings. The number of carboxylic acids is 1. The lowest BCUT2D eigenvalue weighted by atomic mass is 9.98. The van der Waals surface area contributed by atoms with Crippen LogP contribution in [-0.4, -0.2) is 240 Å². The summed E-state index contributed by atoms with van der Waals surface area (Å²) in [6, 6.07) is -17.5. The van der Waals surface area contributed by atoms with Gasteiger partial charge in [-0.25, -0.2) is 4.79 Å². The molecule has 0 bridgehead atoms. The van der Waals surface area contributed by atoms with Crippen molar-refractivity contribution in [2.24, 2.45) is 111 Å². The minimum atomic E-state index is -1.90. The summed E-state index contributed by atoms with van der Waals surface area (Å²) >= 11 is 0. The number of unbranched alkanes of at least 4 members (excludes halogenated alkanes) is 1. The summed E-state index contributed by atoms with van der Waals surface area (Å²) in [7, 11) is 0. The molecule has 0 heterocycles. The van der Waals surface area contributed by atoms with E-state index in [1.807, 2.05) is 0 Å². The number of hydrogen-bond acceptors (Lipinski definition) is 22. The molecule has 0 radical (unpaired) electrons. The molecular formula is C59H113N29O16. The Morgan fingerprint density at radius 2 is 0.606 bits per heavy atom. The fourth-order valence-corrected chi connectivity index (χ4v) is 9.57. The highest BCUT2D eigenvalue weighted by Gasteiger charge is 2.38. The van der Waals surface area contributed by atoms with E-state index in [2.05, 4.69) is 78.1 Å². The zero-order chi connectivity index (χ0) is 79.2. The van der Waals surface area contributed by atoms with E-state index >= 15 is 0 Å². The van der Waals surface area contributed by atoms with E-state index in [9.17, 15) is 77.6 Å². The number of carboxylic acid groups (broad SMARTS) is 1. The fourth-order valence-electron chi connectivity index (χ4n) is 9.57. The van der Waals surface area contributed by atoms with Crippen molar-refractivity contribution < 1.29 is 77.6 Å². The number of amides is 12. The van der Waals surface area contributed by atoms with Crippen LogP contribution in [0.1, 0.15) is 136 Å². The average Bonchev–Trinajstić information content (AvgIpc) is 0.863. The number of carbonyl (C=O) groups is 13. The second-order valence-electron chi connectivity index (χ2n) is 24.3. The number of rotatable bonds is 55. The molecule has 0 aliphatic carbocycles. The second kappa shape index (κ2) is 51.4. The Morgan fingerprint density at radius 1 is 0.346 bits per heavy atom. The molecular weight excluding hydrogens is 1370 g/mol. The van der Waals surface area contributed by atoms with Gasteiger partial charge in [0.05, 0.1) is 18.8 Å². The molecule has 13 atom stereocenters. The van der Waals surface area contributed by atoms with E-state index in [0.717, 1.165) is 6.92 Å². The number of aliphatic hydroxyl groups is 2. The van der Waals surface area contributed by atoms with Crippen LogP contribution in [0.2, 0.25) is 0 Å². The van der Waals surface area contributed by atoms with Crippen molar-refractivity contribution >= 4 is 107 Å². The number of nitrogens with zero attached hydrogens (tertiary/aromatic N) is 5. The number of carbonyl (C=O) groups excluding carboxylic acids is 12. The van der Waals surface area contributed by atoms with Crippen LogP contribution in [0.25, 0.3) is 0 Å². The molecule has 0 aromatic rings. The molecule has 0 aliphatic heterocycles. The minimum Gasteiger partial charge on any atom is -0.480 e. The Labute approximate surface area is 601 Å². The molecule has 0 aromatic carbocycles. The molecule has 0 saturated carbocycles. The van der Waals surface area contributed by atoms with Crippen LogP contribution in [0.15, 0.2) is 25.0 Å². The molecule has 0 rings (SSSR count). The minimum absolute atomic E-state index is 0.00706. The van der Waals surface area contributed by atoms with Gasteiger partial charge >= 0.3 is 5.97 Å². The lowest BCUT2D eigenvalue weighted by molar-refractivity contribution is -0.144. The van der Waals surface area contributed by atoms with Gasteiger partial charge in [-0.2, -0.15) is 0 Å². The third-order valence-corrected chi connectivity index (χ3v) is 15.5. The highest BCUT2D eigenvalue weighted by Crippen LogP contribution is 2.13. The first-order valence-electron chi connectivity index (χ1n) is 33.7. The summed E-state index contributed by atoms with van der Waals surface area (Å²) in [5, 5.41) is 55.7. The summed E-state index contributed by atoms with van der Waals surface area (Å²) < 4.78 is 0. The van der Waals surface area contributed by atoms with Crippen molar-refractivity contribution in [3.05, 3.63) is 0 Å². The second-order valence-corrected chi connectivity index (χ2v) is 24.3. The molecule has 590 valence electrons. The molecule has 0 saturated heterocycles. The lowest BCUT2D eigenvalue weighted by Gasteiger charge is -2.29. The number of guanidine groups is 5. The Kier molecular flexibility index (Phi) is 46.1. The normalized spacial score (nSPS) is 14.6. The summed E-state index contributed by atoms with van der Waals surface area (Å²) in [5.41, 5.74) is 77.5. The molecule has 45 nitrogen and oxygen atoms in total. The van der Waals surface area contributed by atoms with E-state index < -0.39 is 175 Å². The smallest absolute Gasteiger partial charge is 0.326 e. The first-order chi connectivity index (χ1) is 48.9. The van der Waals surface area contributed by atoms with E-state index in [4.69, 9.17) is 80.3 Å². The Morgan fingerprint density at radius 3 is 0.875 bits per heavy atom. The van der Waals surface area contributed by atoms with Gasteiger partial charge in [-0.15, -0.1) is 0 Å². The number of nitrogens with two attached hydrogens (primary N) is 14. The van der Waals surface area contributed by atoms with Crippen molar-refractivity contribution in [3.63, 3.8) is 0 Å². The number of primary amides is 2. The van der Waals surface area contributed by atoms with Crippen molar-refractivity contribution in [1.29, 1.82) is 0 Å². The Bertz CT molecular complexity index is 2950. The van der Waals surface area contributed by atoms with Crippen LogP contribution < -0.4 is 133 Å². The standard InChI is InChI=1S/C59H113N29O16/c1-4-29(2)42(54(103)104)87-53(102)43(30(3)90)88-51(100)37(17-11-27-78-59(72)73)83-47(96)36(16-10-26-77-58(70)71)84-52(101)39(28-89)86-49(98)32(12-5-6-22-60)80-46(95)34(14-8-24-75-56(66)67)82-50(99)38(19-21-41(63)92)85-48(97)35(15-9-25-76-57(68)69)81-45(94)33(13-7-23-74-55(64)65)79-44(93)31(61)18-20-40(62)91/h29-39,42-43,89-90H,4-28,60-61H2,1-3H3,(H2,62,91)(H2,63,92)(H,79,93)(H,80,95)(H,81,94)(H,82,99)(H,83,96)(H,84,101)(H,85,97)(H,86,98)(H,87,102)(H,88,100)(H,103,104)(H4,64,65,74)(H4,66,67,75)(H4,68,69,76)(H4,70,71,77)(H4,72,73,78)/t29-,30+,31-,32-,33-,34-,35-,36-,37-,38-,39-,42-,43-/m0/s1. The quantitative estimate of drug-likeness (QED) is 0.0153. The predicted molar refractivity (Wildman–Crippen MR) is 382 cm³/mol. The van der Waals surface area contributed by atoms with E-state index in [1.54, 1.807) is 13.8 Å². The average molecular weight is 1480 g/mol. The summed E-state index contributed by atoms with van der Waals surface area (Å²) in [5.74, 6) is -15.8. The Hall–Kier alpha value is -10.7. The maximum atomic E-state index is 14.6. The van der Waals surface area contributed by atoms with Crippen LogP contribution in [0.5, 0.6) is 0 Å². The van der Waals surface area contributed by atoms with Gasteiger partial charge in [-0.1, -0.05) is 20.3 Å². The van der Waals surface area contributed by atoms with Gasteiger partial charge in [-0.3, -0.25) is 82.5 Å². The fraction of sp³-hybridized carbons (Fsp3) is 0.695. The highest BCUT2D eigenvalue weighted by molar-refractivity contribution is 5.99. The van der Waals surface area contributed by atoms with Crippen molar-refractivity contribution in [2.75, 3.05) is 45.9 Å². The Balaban J connectivity index is 7.49. The number of aliphatic imine (C=N–C) groups is 5. The third kappa shape index (κ3) is 40.7. The van der Waals surface area contributed by atoms with E-state index in [-0.39, 0.29) is 165 Å². The van der Waals surface area contributed by atoms with Crippen LogP contribution in [0, 0.1) is 5.92 Å². The predicted octanol–water partition coefficient (Wildman–Crippen LogP) is -12.4. The van der Waals surface area contributed by atoms with Gasteiger partial charge in [0.1, 0.15) is 60.4 Å². The molecule has 0 fully saturated rings. The van der Waals surface area contributed by atoms with E-state index in [1.165, 1.54) is 0 Å². The van der Waals surface area contributed by atoms with Gasteiger partial charge in [0, 0.05) is 45.6 Å². The molecule has 104 heavy (non-hydrogen) atoms. The highest BCUT2D eigenvalue weighted by atomic mass is 16.4. The largest absolute Gasteiger partial charge is 0.480 e. The first-order valence-corrected chi connectivity index (χ1v) is 33.7. The molecule has 0 aromatic heterocycles. The van der Waals surface area contributed by atoms with Crippen molar-refractivity contribution in [3.8, 4) is 0 Å². The van der Waals surface area contributed by atoms with Gasteiger partial charge < -0.3 is 149 Å². The number of aliphatic hydroxyl groups excluding tert-OH is 2. The van der Waals surface area contributed by atoms with Crippen LogP contribution in [0.4, 0.5) is 0 Å². The third-order valence-electron chi connectivity index (χ3n) is 15.5. The molecule has 41 N–H and O–H groups in total. The molecule has 45 heteroatoms. The van der Waals surface area contributed by atoms with Crippen LogP contribution in [-0.2, 0) is 62.3 Å². The van der Waals surface area contributed by atoms with Gasteiger partial charge in [0.15, 0.2) is 29.8 Å². The van der Waals surface area contributed by atoms with Crippen LogP contribution in [0.3, 0.4) is 0 Å². The molecule has 0 unspecified atom stereocenters. The maximum absolute atomic E-state index is 14.6.